The number of fused-ring (bicyclic) bond motifs is 1. The lowest BCUT2D eigenvalue weighted by Crippen LogP contribution is -2.46. The quantitative estimate of drug-likeness (QED) is 0.217. The summed E-state index contributed by atoms with van der Waals surface area (Å²) in [7, 11) is -3.88. The lowest BCUT2D eigenvalue weighted by Gasteiger charge is -2.26. The van der Waals surface area contributed by atoms with Gasteiger partial charge < -0.3 is 26.0 Å². The molecule has 0 spiro atoms. The van der Waals surface area contributed by atoms with E-state index in [0.717, 1.165) is 22.0 Å². The highest BCUT2D eigenvalue weighted by Crippen LogP contribution is 2.48. The number of para-hydroxylation sites is 1. The Balaban J connectivity index is 1.69. The highest BCUT2D eigenvalue weighted by Gasteiger charge is 2.35. The Morgan fingerprint density at radius 2 is 1.75 bits per heavy atom. The number of rotatable bonds is 13. The van der Waals surface area contributed by atoms with Crippen LogP contribution >= 0.6 is 7.37 Å². The van der Waals surface area contributed by atoms with Crippen LogP contribution in [0, 0.1) is 11.8 Å². The van der Waals surface area contributed by atoms with Crippen LogP contribution < -0.4 is 11.1 Å². The van der Waals surface area contributed by atoms with Gasteiger partial charge >= 0.3 is 5.97 Å². The summed E-state index contributed by atoms with van der Waals surface area (Å²) in [5.74, 6) is -3.43. The van der Waals surface area contributed by atoms with Crippen LogP contribution in [0.1, 0.15) is 37.8 Å². The molecule has 0 aliphatic heterocycles. The van der Waals surface area contributed by atoms with Gasteiger partial charge in [-0.15, -0.1) is 0 Å². The van der Waals surface area contributed by atoms with Crippen LogP contribution in [-0.2, 0) is 27.0 Å². The molecule has 8 nitrogen and oxygen atoms in total. The van der Waals surface area contributed by atoms with Crippen molar-refractivity contribution in [1.82, 2.24) is 10.3 Å². The van der Waals surface area contributed by atoms with E-state index in [9.17, 15) is 24.2 Å². The second-order valence-electron chi connectivity index (χ2n) is 9.82. The molecule has 1 aromatic heterocycles. The van der Waals surface area contributed by atoms with Crippen molar-refractivity contribution in [2.75, 3.05) is 6.16 Å². The molecule has 0 saturated carbocycles. The highest BCUT2D eigenvalue weighted by molar-refractivity contribution is 7.58. The summed E-state index contributed by atoms with van der Waals surface area (Å²) in [4.78, 5) is 39.1. The van der Waals surface area contributed by atoms with E-state index in [4.69, 9.17) is 5.73 Å². The summed E-state index contributed by atoms with van der Waals surface area (Å²) in [6.07, 6.45) is 2.76. The fourth-order valence-electron chi connectivity index (χ4n) is 4.46. The summed E-state index contributed by atoms with van der Waals surface area (Å²) in [6.45, 7) is 3.83. The maximum Gasteiger partial charge on any atom is 0.326 e. The zero-order valence-electron chi connectivity index (χ0n) is 20.8. The number of benzene rings is 2. The Kier molecular flexibility index (Phi) is 9.49. The molecular weight excluding hydrogens is 477 g/mol. The van der Waals surface area contributed by atoms with Crippen molar-refractivity contribution in [1.29, 1.82) is 0 Å². The number of H-pyrrole nitrogens is 1. The number of aryl methyl sites for hydroxylation is 1. The van der Waals surface area contributed by atoms with Crippen LogP contribution in [0.5, 0.6) is 0 Å². The normalized spacial score (nSPS) is 15.8. The lowest BCUT2D eigenvalue weighted by molar-refractivity contribution is -0.142. The van der Waals surface area contributed by atoms with Gasteiger partial charge in [-0.1, -0.05) is 62.4 Å². The van der Waals surface area contributed by atoms with Gasteiger partial charge in [-0.05, 0) is 42.4 Å². The van der Waals surface area contributed by atoms with E-state index in [1.807, 2.05) is 68.4 Å². The lowest BCUT2D eigenvalue weighted by atomic mass is 9.97. The zero-order chi connectivity index (χ0) is 26.3. The average molecular weight is 514 g/mol. The molecule has 36 heavy (non-hydrogen) atoms. The summed E-state index contributed by atoms with van der Waals surface area (Å²) < 4.78 is 13.2. The van der Waals surface area contributed by atoms with Gasteiger partial charge in [0.25, 0.3) is 0 Å². The smallest absolute Gasteiger partial charge is 0.326 e. The van der Waals surface area contributed by atoms with Crippen molar-refractivity contribution in [3.63, 3.8) is 0 Å². The molecule has 3 aromatic rings. The fourth-order valence-corrected chi connectivity index (χ4v) is 6.21. The van der Waals surface area contributed by atoms with Gasteiger partial charge in [0.2, 0.25) is 13.3 Å². The number of carboxylic acids is 1. The molecule has 4 atom stereocenters. The first-order valence-corrected chi connectivity index (χ1v) is 14.2. The molecule has 0 aliphatic carbocycles. The SMILES string of the molecule is CC(C)C[C@H](CP(=O)(O)[C@@H](N)CCc1ccccc1)C(=O)N[C@@H](Cc1c[nH]c2ccccc12)C(=O)O. The Morgan fingerprint density at radius 3 is 2.42 bits per heavy atom. The standard InChI is InChI=1S/C27H36N3O5P/c1-18(2)14-21(17-36(34,35)25(28)13-12-19-8-4-3-5-9-19)26(31)30-24(27(32)33)15-20-16-29-23-11-7-6-10-22(20)23/h3-11,16,18,21,24-25,29H,12-15,17,28H2,1-2H3,(H,30,31)(H,32,33)(H,34,35)/t21-,24+,25-/m1/s1. The molecule has 1 amide bonds. The molecule has 1 unspecified atom stereocenters. The number of aliphatic carboxylic acids is 1. The van der Waals surface area contributed by atoms with E-state index in [2.05, 4.69) is 10.3 Å². The van der Waals surface area contributed by atoms with E-state index in [0.29, 0.717) is 19.3 Å². The van der Waals surface area contributed by atoms with Gasteiger partial charge in [-0.3, -0.25) is 9.36 Å². The first-order valence-electron chi connectivity index (χ1n) is 12.3. The fraction of sp³-hybridized carbons (Fsp3) is 0.407. The Bertz CT molecular complexity index is 1210. The Morgan fingerprint density at radius 1 is 1.08 bits per heavy atom. The van der Waals surface area contributed by atoms with Crippen LogP contribution in [0.4, 0.5) is 0 Å². The molecule has 0 radical (unpaired) electrons. The number of aromatic amines is 1. The molecule has 6 N–H and O–H groups in total. The van der Waals surface area contributed by atoms with E-state index in [-0.39, 0.29) is 18.5 Å². The number of nitrogens with two attached hydrogens (primary N) is 1. The summed E-state index contributed by atoms with van der Waals surface area (Å²) in [5, 5.41) is 13.3. The molecule has 0 fully saturated rings. The monoisotopic (exact) mass is 513 g/mol. The topological polar surface area (TPSA) is 146 Å². The van der Waals surface area contributed by atoms with Gasteiger partial charge in [0.1, 0.15) is 6.04 Å². The van der Waals surface area contributed by atoms with Crippen molar-refractivity contribution >= 4 is 30.1 Å². The molecule has 9 heteroatoms. The second-order valence-corrected chi connectivity index (χ2v) is 12.4. The molecular formula is C27H36N3O5P. The number of nitrogens with one attached hydrogen (secondary N) is 2. The van der Waals surface area contributed by atoms with E-state index in [1.54, 1.807) is 6.20 Å². The molecule has 194 valence electrons. The summed E-state index contributed by atoms with van der Waals surface area (Å²) >= 11 is 0. The number of aromatic nitrogens is 1. The van der Waals surface area contributed by atoms with Crippen molar-refractivity contribution < 1.29 is 24.2 Å². The Labute approximate surface area is 211 Å². The third kappa shape index (κ3) is 7.53. The van der Waals surface area contributed by atoms with Gasteiger partial charge in [-0.25, -0.2) is 4.79 Å². The second kappa shape index (κ2) is 12.3. The van der Waals surface area contributed by atoms with Gasteiger partial charge in [0, 0.05) is 35.6 Å². The van der Waals surface area contributed by atoms with Crippen LogP contribution in [0.3, 0.4) is 0 Å². The summed E-state index contributed by atoms with van der Waals surface area (Å²) in [6, 6.07) is 15.9. The van der Waals surface area contributed by atoms with Crippen molar-refractivity contribution in [3.05, 3.63) is 71.9 Å². The summed E-state index contributed by atoms with van der Waals surface area (Å²) in [5.41, 5.74) is 8.80. The molecule has 0 saturated heterocycles. The molecule has 1 heterocycles. The predicted molar refractivity (Wildman–Crippen MR) is 142 cm³/mol. The number of carbonyl (C=O) groups excluding carboxylic acids is 1. The van der Waals surface area contributed by atoms with Gasteiger partial charge in [0.15, 0.2) is 0 Å². The van der Waals surface area contributed by atoms with Crippen LogP contribution in [0.2, 0.25) is 0 Å². The molecule has 3 rings (SSSR count). The van der Waals surface area contributed by atoms with Gasteiger partial charge in [-0.2, -0.15) is 0 Å². The minimum atomic E-state index is -3.88. The third-order valence-corrected chi connectivity index (χ3v) is 8.67. The van der Waals surface area contributed by atoms with Crippen LogP contribution in [0.15, 0.2) is 60.8 Å². The average Bonchev–Trinajstić information content (AvgIpc) is 3.24. The van der Waals surface area contributed by atoms with E-state index >= 15 is 0 Å². The maximum absolute atomic E-state index is 13.2. The highest BCUT2D eigenvalue weighted by atomic mass is 31.2. The number of carbonyl (C=O) groups is 2. The van der Waals surface area contributed by atoms with Crippen LogP contribution in [-0.4, -0.2) is 44.8 Å². The van der Waals surface area contributed by atoms with Crippen molar-refractivity contribution in [2.45, 2.75) is 51.4 Å². The van der Waals surface area contributed by atoms with Gasteiger partial charge in [0.05, 0.1) is 5.78 Å². The molecule has 0 bridgehead atoms. The minimum Gasteiger partial charge on any atom is -0.480 e. The number of hydrogen-bond donors (Lipinski definition) is 5. The van der Waals surface area contributed by atoms with Crippen molar-refractivity contribution in [3.8, 4) is 0 Å². The van der Waals surface area contributed by atoms with E-state index < -0.39 is 37.0 Å². The third-order valence-electron chi connectivity index (χ3n) is 6.41. The van der Waals surface area contributed by atoms with Crippen molar-refractivity contribution in [2.24, 2.45) is 17.6 Å². The molecule has 2 aromatic carbocycles. The first-order chi connectivity index (χ1) is 17.1. The predicted octanol–water partition coefficient (Wildman–Crippen LogP) is 4.13. The minimum absolute atomic E-state index is 0.0678. The zero-order valence-corrected chi connectivity index (χ0v) is 21.7. The Hall–Kier alpha value is -2.93. The number of amides is 1. The number of hydrogen-bond acceptors (Lipinski definition) is 4. The maximum atomic E-state index is 13.2. The van der Waals surface area contributed by atoms with E-state index in [1.165, 1.54) is 0 Å². The number of carboxylic acid groups (broad SMARTS) is 1. The molecule has 0 aliphatic rings. The van der Waals surface area contributed by atoms with Crippen LogP contribution in [0.25, 0.3) is 10.9 Å². The largest absolute Gasteiger partial charge is 0.480 e. The first kappa shape index (κ1) is 27.7.